The maximum atomic E-state index is 4.45. The fourth-order valence-electron chi connectivity index (χ4n) is 3.09. The Kier molecular flexibility index (Phi) is 7.63. The molecule has 3 rings (SSSR count). The molecule has 1 fully saturated rings. The van der Waals surface area contributed by atoms with Crippen LogP contribution in [-0.4, -0.2) is 77.7 Å². The number of nitrogens with zero attached hydrogens (tertiary/aromatic N) is 8. The van der Waals surface area contributed by atoms with Crippen molar-refractivity contribution in [3.8, 4) is 0 Å². The second-order valence-corrected chi connectivity index (χ2v) is 6.43. The van der Waals surface area contributed by atoms with E-state index in [4.69, 9.17) is 0 Å². The molecule has 1 N–H and O–H groups in total. The molecule has 2 aromatic heterocycles. The van der Waals surface area contributed by atoms with Gasteiger partial charge in [0.1, 0.15) is 0 Å². The molecule has 0 amide bonds. The minimum atomic E-state index is 0. The average molecular weight is 485 g/mol. The van der Waals surface area contributed by atoms with Crippen molar-refractivity contribution >= 4 is 41.8 Å². The topological polar surface area (TPSA) is 77.7 Å². The summed E-state index contributed by atoms with van der Waals surface area (Å²) < 4.78 is 2.09. The van der Waals surface area contributed by atoms with Crippen molar-refractivity contribution in [1.29, 1.82) is 0 Å². The van der Waals surface area contributed by atoms with Gasteiger partial charge in [-0.3, -0.25) is 4.99 Å². The van der Waals surface area contributed by atoms with E-state index in [0.29, 0.717) is 6.54 Å². The number of hydrogen-bond donors (Lipinski definition) is 1. The van der Waals surface area contributed by atoms with Crippen molar-refractivity contribution in [2.75, 3.05) is 57.1 Å². The lowest BCUT2D eigenvalue weighted by atomic mass is 10.3. The molecule has 2 aromatic rings. The van der Waals surface area contributed by atoms with Gasteiger partial charge in [-0.1, -0.05) is 0 Å². The van der Waals surface area contributed by atoms with Gasteiger partial charge in [0.2, 0.25) is 11.9 Å². The first-order valence-electron chi connectivity index (χ1n) is 8.75. The van der Waals surface area contributed by atoms with Crippen molar-refractivity contribution < 1.29 is 0 Å². The summed E-state index contributed by atoms with van der Waals surface area (Å²) in [7, 11) is 7.84. The molecule has 0 radical (unpaired) electrons. The molecule has 0 spiro atoms. The molecule has 0 atom stereocenters. The van der Waals surface area contributed by atoms with E-state index in [9.17, 15) is 0 Å². The lowest BCUT2D eigenvalue weighted by Crippen LogP contribution is -2.52. The largest absolute Gasteiger partial charge is 0.351 e. The van der Waals surface area contributed by atoms with Crippen LogP contribution in [0.25, 0.3) is 0 Å². The number of halogens is 1. The molecule has 0 bridgehead atoms. The van der Waals surface area contributed by atoms with Crippen LogP contribution in [0.2, 0.25) is 0 Å². The van der Waals surface area contributed by atoms with Gasteiger partial charge in [-0.05, 0) is 6.07 Å². The van der Waals surface area contributed by atoms with Crippen LogP contribution in [0.4, 0.5) is 11.9 Å². The first-order valence-corrected chi connectivity index (χ1v) is 8.75. The molecule has 0 saturated carbocycles. The van der Waals surface area contributed by atoms with Gasteiger partial charge in [0.15, 0.2) is 5.96 Å². The molecular weight excluding hydrogens is 457 g/mol. The number of anilines is 2. The lowest BCUT2D eigenvalue weighted by Gasteiger charge is -2.36. The Morgan fingerprint density at radius 3 is 2.37 bits per heavy atom. The highest BCUT2D eigenvalue weighted by Crippen LogP contribution is 2.12. The number of imidazole rings is 1. The number of nitrogens with one attached hydrogen (secondary N) is 1. The van der Waals surface area contributed by atoms with Crippen molar-refractivity contribution in [3.63, 3.8) is 0 Å². The van der Waals surface area contributed by atoms with Crippen molar-refractivity contribution in [3.05, 3.63) is 30.4 Å². The third kappa shape index (κ3) is 4.99. The Labute approximate surface area is 177 Å². The van der Waals surface area contributed by atoms with Gasteiger partial charge >= 0.3 is 0 Å². The second kappa shape index (κ2) is 9.72. The molecule has 0 unspecified atom stereocenters. The highest BCUT2D eigenvalue weighted by Gasteiger charge is 2.21. The number of aliphatic imine (C=N–C) groups is 1. The molecule has 1 saturated heterocycles. The zero-order valence-electron chi connectivity index (χ0n) is 16.3. The van der Waals surface area contributed by atoms with Crippen molar-refractivity contribution in [2.45, 2.75) is 6.54 Å². The van der Waals surface area contributed by atoms with E-state index in [2.05, 4.69) is 39.6 Å². The molecule has 1 aliphatic rings. The van der Waals surface area contributed by atoms with Gasteiger partial charge in [0, 0.05) is 66.8 Å². The lowest BCUT2D eigenvalue weighted by molar-refractivity contribution is 0.369. The van der Waals surface area contributed by atoms with Gasteiger partial charge < -0.3 is 24.6 Å². The highest BCUT2D eigenvalue weighted by molar-refractivity contribution is 14.0. The van der Waals surface area contributed by atoms with E-state index in [-0.39, 0.29) is 24.0 Å². The predicted molar refractivity (Wildman–Crippen MR) is 119 cm³/mol. The zero-order chi connectivity index (χ0) is 18.5. The molecule has 0 aromatic carbocycles. The van der Waals surface area contributed by atoms with E-state index in [1.165, 1.54) is 0 Å². The number of guanidine groups is 1. The Hall–Kier alpha value is -2.11. The SMILES string of the molecule is CN=C(NCc1cnc(N(C)C)n1C)N1CCN(c2ncccn2)CC1.I. The van der Waals surface area contributed by atoms with Crippen LogP contribution in [-0.2, 0) is 13.6 Å². The molecule has 27 heavy (non-hydrogen) atoms. The summed E-state index contributed by atoms with van der Waals surface area (Å²) in [6.45, 7) is 4.20. The highest BCUT2D eigenvalue weighted by atomic mass is 127. The average Bonchev–Trinajstić information content (AvgIpc) is 3.04. The van der Waals surface area contributed by atoms with Crippen LogP contribution in [0.3, 0.4) is 0 Å². The normalized spacial score (nSPS) is 14.7. The van der Waals surface area contributed by atoms with Crippen LogP contribution < -0.4 is 15.1 Å². The smallest absolute Gasteiger partial charge is 0.225 e. The molecular formula is C17H28IN9. The third-order valence-corrected chi connectivity index (χ3v) is 4.51. The molecule has 0 aliphatic carbocycles. The van der Waals surface area contributed by atoms with Gasteiger partial charge in [0.05, 0.1) is 18.4 Å². The van der Waals surface area contributed by atoms with E-state index in [0.717, 1.165) is 49.7 Å². The minimum absolute atomic E-state index is 0. The Balaban J connectivity index is 0.00000261. The molecule has 9 nitrogen and oxygen atoms in total. The summed E-state index contributed by atoms with van der Waals surface area (Å²) in [6, 6.07) is 1.84. The summed E-state index contributed by atoms with van der Waals surface area (Å²) in [5, 5.41) is 3.45. The van der Waals surface area contributed by atoms with Crippen LogP contribution in [0, 0.1) is 0 Å². The summed E-state index contributed by atoms with van der Waals surface area (Å²) >= 11 is 0. The van der Waals surface area contributed by atoms with Gasteiger partial charge in [-0.25, -0.2) is 15.0 Å². The summed E-state index contributed by atoms with van der Waals surface area (Å²) in [5.41, 5.74) is 1.12. The maximum Gasteiger partial charge on any atom is 0.225 e. The fraction of sp³-hybridized carbons (Fsp3) is 0.529. The Morgan fingerprint density at radius 1 is 1.15 bits per heavy atom. The summed E-state index contributed by atoms with van der Waals surface area (Å²) in [4.78, 5) is 24.0. The van der Waals surface area contributed by atoms with Crippen LogP contribution in [0.1, 0.15) is 5.69 Å². The Bertz CT molecular complexity index is 736. The van der Waals surface area contributed by atoms with E-state index >= 15 is 0 Å². The quantitative estimate of drug-likeness (QED) is 0.390. The van der Waals surface area contributed by atoms with Gasteiger partial charge in [0.25, 0.3) is 0 Å². The summed E-state index contributed by atoms with van der Waals surface area (Å²) in [6.07, 6.45) is 5.47. The van der Waals surface area contributed by atoms with E-state index in [1.807, 2.05) is 45.4 Å². The number of aromatic nitrogens is 4. The maximum absolute atomic E-state index is 4.45. The monoisotopic (exact) mass is 485 g/mol. The minimum Gasteiger partial charge on any atom is -0.351 e. The molecule has 148 valence electrons. The van der Waals surface area contributed by atoms with Crippen molar-refractivity contribution in [2.24, 2.45) is 12.0 Å². The van der Waals surface area contributed by atoms with Crippen LogP contribution in [0.15, 0.2) is 29.6 Å². The third-order valence-electron chi connectivity index (χ3n) is 4.51. The predicted octanol–water partition coefficient (Wildman–Crippen LogP) is 0.792. The van der Waals surface area contributed by atoms with E-state index < -0.39 is 0 Å². The number of rotatable bonds is 4. The second-order valence-electron chi connectivity index (χ2n) is 6.43. The first kappa shape index (κ1) is 21.2. The standard InChI is InChI=1S/C17H27N9.HI/c1-18-15(21-12-14-13-22-17(23(2)3)24(14)4)25-8-10-26(11-9-25)16-19-6-5-7-20-16;/h5-7,13H,8-12H2,1-4H3,(H,18,21);1H. The van der Waals surface area contributed by atoms with Gasteiger partial charge in [-0.15, -0.1) is 24.0 Å². The molecule has 10 heteroatoms. The van der Waals surface area contributed by atoms with Crippen LogP contribution >= 0.6 is 24.0 Å². The fourth-order valence-corrected chi connectivity index (χ4v) is 3.09. The first-order chi connectivity index (χ1) is 12.6. The zero-order valence-corrected chi connectivity index (χ0v) is 18.7. The van der Waals surface area contributed by atoms with E-state index in [1.54, 1.807) is 12.4 Å². The van der Waals surface area contributed by atoms with Crippen molar-refractivity contribution in [1.82, 2.24) is 29.7 Å². The van der Waals surface area contributed by atoms with Gasteiger partial charge in [-0.2, -0.15) is 0 Å². The number of hydrogen-bond acceptors (Lipinski definition) is 6. The van der Waals surface area contributed by atoms with Crippen LogP contribution in [0.5, 0.6) is 0 Å². The number of piperazine rings is 1. The Morgan fingerprint density at radius 2 is 1.81 bits per heavy atom. The molecule has 1 aliphatic heterocycles. The summed E-state index contributed by atoms with van der Waals surface area (Å²) in [5.74, 6) is 2.64. The molecule has 3 heterocycles.